The van der Waals surface area contributed by atoms with Gasteiger partial charge in [-0.3, -0.25) is 0 Å². The smallest absolute Gasteiger partial charge is 0.120 e. The maximum atomic E-state index is 11.0. The minimum atomic E-state index is 0.218. The molecule has 0 aromatic heterocycles. The van der Waals surface area contributed by atoms with Crippen LogP contribution < -0.4 is 4.74 Å². The number of rotatable bonds is 3. The second-order valence-corrected chi connectivity index (χ2v) is 7.71. The first-order valence-corrected chi connectivity index (χ1v) is 9.21. The molecule has 4 atom stereocenters. The number of hydrogen-bond donors (Lipinski definition) is 1. The van der Waals surface area contributed by atoms with Crippen LogP contribution in [0.5, 0.6) is 5.75 Å². The number of nitrogens with zero attached hydrogens (tertiary/aromatic N) is 1. The summed E-state index contributed by atoms with van der Waals surface area (Å²) in [5.41, 5.74) is 3.06. The number of ether oxygens (including phenoxy) is 1. The van der Waals surface area contributed by atoms with Crippen LogP contribution >= 0.6 is 0 Å². The zero-order valence-corrected chi connectivity index (χ0v) is 15.1. The van der Waals surface area contributed by atoms with E-state index in [-0.39, 0.29) is 10.1 Å². The van der Waals surface area contributed by atoms with Crippen LogP contribution in [0.4, 0.5) is 0 Å². The molecule has 1 aliphatic heterocycles. The largest absolute Gasteiger partial charge is 0.497 e. The summed E-state index contributed by atoms with van der Waals surface area (Å²) in [6.45, 7) is 8.29. The summed E-state index contributed by atoms with van der Waals surface area (Å²) in [5.74, 6) is 1.52. The van der Waals surface area contributed by atoms with Crippen molar-refractivity contribution in [1.29, 1.82) is 0 Å². The van der Waals surface area contributed by atoms with E-state index in [0.717, 1.165) is 25.3 Å². The first-order chi connectivity index (χ1) is 11.0. The molecule has 1 saturated heterocycles. The van der Waals surface area contributed by atoms with E-state index in [4.69, 9.17) is 4.74 Å². The first-order valence-electron chi connectivity index (χ1n) is 9.21. The van der Waals surface area contributed by atoms with Gasteiger partial charge < -0.3 is 4.74 Å². The number of fused-ring (bicyclic) bond motifs is 1. The van der Waals surface area contributed by atoms with Gasteiger partial charge in [0.25, 0.3) is 0 Å². The number of hydrogen-bond acceptors (Lipinski definition) is 2. The fourth-order valence-corrected chi connectivity index (χ4v) is 5.39. The lowest BCUT2D eigenvalue weighted by molar-refractivity contribution is -1.12. The van der Waals surface area contributed by atoms with E-state index >= 15 is 0 Å². The Kier molecular flexibility index (Phi) is 4.45. The van der Waals surface area contributed by atoms with Crippen molar-refractivity contribution in [2.24, 2.45) is 5.92 Å². The fourth-order valence-electron chi connectivity index (χ4n) is 5.39. The number of quaternary nitrogens is 1. The summed E-state index contributed by atoms with van der Waals surface area (Å²) in [5, 5.41) is 11.0. The van der Waals surface area contributed by atoms with Gasteiger partial charge in [0.2, 0.25) is 0 Å². The van der Waals surface area contributed by atoms with Gasteiger partial charge in [-0.05, 0) is 56.9 Å². The van der Waals surface area contributed by atoms with Gasteiger partial charge in [-0.25, -0.2) is 5.21 Å². The molecule has 1 aromatic carbocycles. The molecule has 1 N–H and O–H groups in total. The fraction of sp³-hybridized carbons (Fsp3) is 0.700. The molecular weight excluding hydrogens is 286 g/mol. The van der Waals surface area contributed by atoms with Crippen LogP contribution in [0.2, 0.25) is 0 Å². The molecule has 3 heteroatoms. The number of methoxy groups -OCH3 is 1. The second-order valence-electron chi connectivity index (χ2n) is 7.71. The van der Waals surface area contributed by atoms with E-state index in [1.807, 2.05) is 0 Å². The lowest BCUT2D eigenvalue weighted by Crippen LogP contribution is -2.65. The zero-order chi connectivity index (χ0) is 16.7. The van der Waals surface area contributed by atoms with Gasteiger partial charge in [0.05, 0.1) is 7.11 Å². The van der Waals surface area contributed by atoms with Crippen molar-refractivity contribution < 1.29 is 14.6 Å². The van der Waals surface area contributed by atoms with E-state index in [9.17, 15) is 5.21 Å². The van der Waals surface area contributed by atoms with Crippen molar-refractivity contribution in [2.45, 2.75) is 64.3 Å². The van der Waals surface area contributed by atoms with Gasteiger partial charge >= 0.3 is 0 Å². The molecule has 3 rings (SSSR count). The maximum absolute atomic E-state index is 11.0. The number of hydroxylamine groups is 3. The molecular formula is C20H32NO2+. The number of likely N-dealkylation sites (tertiary alicyclic amines) is 1. The van der Waals surface area contributed by atoms with Crippen LogP contribution in [-0.4, -0.2) is 36.1 Å². The monoisotopic (exact) mass is 318 g/mol. The predicted octanol–water partition coefficient (Wildman–Crippen LogP) is 4.45. The Balaban J connectivity index is 2.07. The number of piperidine rings is 1. The lowest BCUT2D eigenvalue weighted by Gasteiger charge is -2.55. The molecule has 4 unspecified atom stereocenters. The molecule has 0 radical (unpaired) electrons. The molecule has 0 spiro atoms. The Hall–Kier alpha value is -1.06. The van der Waals surface area contributed by atoms with E-state index in [0.29, 0.717) is 12.0 Å². The molecule has 128 valence electrons. The minimum absolute atomic E-state index is 0.218. The van der Waals surface area contributed by atoms with Crippen molar-refractivity contribution in [3.63, 3.8) is 0 Å². The molecule has 2 fully saturated rings. The lowest BCUT2D eigenvalue weighted by atomic mass is 9.56. The van der Waals surface area contributed by atoms with Crippen LogP contribution in [0.3, 0.4) is 0 Å². The summed E-state index contributed by atoms with van der Waals surface area (Å²) in [6, 6.07) is 6.84. The Morgan fingerprint density at radius 3 is 2.78 bits per heavy atom. The van der Waals surface area contributed by atoms with E-state index in [1.54, 1.807) is 7.11 Å². The van der Waals surface area contributed by atoms with Gasteiger partial charge in [-0.2, -0.15) is 4.65 Å². The van der Waals surface area contributed by atoms with E-state index < -0.39 is 0 Å². The van der Waals surface area contributed by atoms with Crippen LogP contribution in [-0.2, 0) is 5.41 Å². The average Bonchev–Trinajstić information content (AvgIpc) is 2.59. The van der Waals surface area contributed by atoms with Crippen molar-refractivity contribution >= 4 is 0 Å². The van der Waals surface area contributed by atoms with E-state index in [1.165, 1.54) is 36.8 Å². The summed E-state index contributed by atoms with van der Waals surface area (Å²) in [4.78, 5) is 0. The zero-order valence-electron chi connectivity index (χ0n) is 15.1. The molecule has 2 aliphatic rings. The van der Waals surface area contributed by atoms with E-state index in [2.05, 4.69) is 39.0 Å². The Morgan fingerprint density at radius 2 is 2.09 bits per heavy atom. The maximum Gasteiger partial charge on any atom is 0.120 e. The van der Waals surface area contributed by atoms with Gasteiger partial charge in [-0.15, -0.1) is 0 Å². The van der Waals surface area contributed by atoms with Gasteiger partial charge in [0.15, 0.2) is 0 Å². The standard InChI is InChI=1S/C20H32NO2/c1-5-21(22)13-12-20(11-7-6-8-18(20)16(21)3)19-14-17(23-4)10-9-15(19)2/h9-10,14,16,18,22H,5-8,11-13H2,1-4H3/q+1. The molecule has 1 heterocycles. The second kappa shape index (κ2) is 6.10. The number of aryl methyl sites for hydroxylation is 1. The highest BCUT2D eigenvalue weighted by Crippen LogP contribution is 2.53. The summed E-state index contributed by atoms with van der Waals surface area (Å²) in [6.07, 6.45) is 6.17. The Morgan fingerprint density at radius 1 is 1.30 bits per heavy atom. The van der Waals surface area contributed by atoms with Crippen molar-refractivity contribution in [1.82, 2.24) is 0 Å². The topological polar surface area (TPSA) is 29.5 Å². The quantitative estimate of drug-likeness (QED) is 0.834. The third-order valence-corrected chi connectivity index (χ3v) is 6.91. The highest BCUT2D eigenvalue weighted by molar-refractivity contribution is 5.41. The summed E-state index contributed by atoms with van der Waals surface area (Å²) in [7, 11) is 1.75. The molecule has 1 saturated carbocycles. The van der Waals surface area contributed by atoms with Crippen LogP contribution in [0.1, 0.15) is 57.1 Å². The van der Waals surface area contributed by atoms with Crippen LogP contribution in [0.25, 0.3) is 0 Å². The van der Waals surface area contributed by atoms with Crippen molar-refractivity contribution in [3.05, 3.63) is 29.3 Å². The predicted molar refractivity (Wildman–Crippen MR) is 92.9 cm³/mol. The van der Waals surface area contributed by atoms with Crippen molar-refractivity contribution in [3.8, 4) is 5.75 Å². The Bertz CT molecular complexity index is 573. The molecule has 1 aromatic rings. The van der Waals surface area contributed by atoms with Crippen LogP contribution in [0.15, 0.2) is 18.2 Å². The van der Waals surface area contributed by atoms with Gasteiger partial charge in [-0.1, -0.05) is 18.9 Å². The third-order valence-electron chi connectivity index (χ3n) is 6.91. The highest BCUT2D eigenvalue weighted by atomic mass is 16.5. The SMILES string of the molecule is CC[N+]1(O)CCC2(c3cc(OC)ccc3C)CCCCC2C1C. The first kappa shape index (κ1) is 16.8. The van der Waals surface area contributed by atoms with Crippen molar-refractivity contribution in [2.75, 3.05) is 20.2 Å². The summed E-state index contributed by atoms with van der Waals surface area (Å²) < 4.78 is 5.76. The molecule has 1 aliphatic carbocycles. The average molecular weight is 318 g/mol. The van der Waals surface area contributed by atoms with Gasteiger partial charge in [0.1, 0.15) is 24.9 Å². The molecule has 0 bridgehead atoms. The third kappa shape index (κ3) is 2.58. The normalized spacial score (nSPS) is 37.3. The molecule has 3 nitrogen and oxygen atoms in total. The number of benzene rings is 1. The Labute approximate surface area is 140 Å². The van der Waals surface area contributed by atoms with Gasteiger partial charge in [0, 0.05) is 17.8 Å². The highest BCUT2D eigenvalue weighted by Gasteiger charge is 2.55. The van der Waals surface area contributed by atoms with Crippen LogP contribution in [0, 0.1) is 12.8 Å². The molecule has 23 heavy (non-hydrogen) atoms. The summed E-state index contributed by atoms with van der Waals surface area (Å²) >= 11 is 0. The minimum Gasteiger partial charge on any atom is -0.497 e. The molecule has 0 amide bonds.